The standard InChI is InChI=1S/C14H13FN2O3/c15-10-3-1-9(2-4-10)12(18)7-17-13(19)8-16(14(17)20)11-5-6-11/h1-4,11H,5-8H2. The van der Waals surface area contributed by atoms with Crippen molar-refractivity contribution in [3.63, 3.8) is 0 Å². The van der Waals surface area contributed by atoms with Crippen molar-refractivity contribution in [2.24, 2.45) is 0 Å². The van der Waals surface area contributed by atoms with Crippen LogP contribution in [0.15, 0.2) is 24.3 Å². The molecule has 6 heteroatoms. The first kappa shape index (κ1) is 12.8. The SMILES string of the molecule is O=C(CN1C(=O)CN(C2CC2)C1=O)c1ccc(F)cc1. The van der Waals surface area contributed by atoms with Crippen molar-refractivity contribution in [1.82, 2.24) is 9.80 Å². The molecule has 20 heavy (non-hydrogen) atoms. The van der Waals surface area contributed by atoms with Gasteiger partial charge >= 0.3 is 6.03 Å². The molecule has 1 saturated heterocycles. The van der Waals surface area contributed by atoms with Crippen LogP contribution in [-0.4, -0.2) is 46.7 Å². The van der Waals surface area contributed by atoms with Gasteiger partial charge in [0, 0.05) is 11.6 Å². The molecule has 1 aliphatic carbocycles. The number of ketones is 1. The summed E-state index contributed by atoms with van der Waals surface area (Å²) in [6, 6.07) is 4.81. The average molecular weight is 276 g/mol. The molecule has 3 rings (SSSR count). The minimum absolute atomic E-state index is 0.0558. The van der Waals surface area contributed by atoms with Gasteiger partial charge in [-0.25, -0.2) is 9.18 Å². The Morgan fingerprint density at radius 1 is 1.20 bits per heavy atom. The molecule has 0 N–H and O–H groups in total. The second kappa shape index (κ2) is 4.70. The van der Waals surface area contributed by atoms with E-state index in [1.165, 1.54) is 29.2 Å². The Bertz CT molecular complexity index is 581. The highest BCUT2D eigenvalue weighted by Crippen LogP contribution is 2.30. The molecule has 0 aromatic heterocycles. The van der Waals surface area contributed by atoms with Crippen LogP contribution in [0, 0.1) is 5.82 Å². The third kappa shape index (κ3) is 2.29. The summed E-state index contributed by atoms with van der Waals surface area (Å²) in [4.78, 5) is 38.3. The summed E-state index contributed by atoms with van der Waals surface area (Å²) in [5.74, 6) is -1.16. The zero-order valence-electron chi connectivity index (χ0n) is 10.7. The van der Waals surface area contributed by atoms with E-state index in [0.29, 0.717) is 0 Å². The zero-order valence-corrected chi connectivity index (χ0v) is 10.7. The number of carbonyl (C=O) groups excluding carboxylic acids is 3. The van der Waals surface area contributed by atoms with Crippen LogP contribution in [0.2, 0.25) is 0 Å². The van der Waals surface area contributed by atoms with Crippen molar-refractivity contribution in [2.75, 3.05) is 13.1 Å². The summed E-state index contributed by atoms with van der Waals surface area (Å²) in [5, 5.41) is 0. The molecule has 0 unspecified atom stereocenters. The van der Waals surface area contributed by atoms with Gasteiger partial charge in [0.25, 0.3) is 5.91 Å². The number of benzene rings is 1. The number of hydrogen-bond donors (Lipinski definition) is 0. The summed E-state index contributed by atoms with van der Waals surface area (Å²) in [6.45, 7) is -0.229. The Morgan fingerprint density at radius 3 is 2.45 bits per heavy atom. The highest BCUT2D eigenvalue weighted by Gasteiger charge is 2.44. The van der Waals surface area contributed by atoms with Gasteiger partial charge in [-0.3, -0.25) is 14.5 Å². The summed E-state index contributed by atoms with van der Waals surface area (Å²) < 4.78 is 12.8. The summed E-state index contributed by atoms with van der Waals surface area (Å²) >= 11 is 0. The molecule has 2 fully saturated rings. The molecule has 0 spiro atoms. The van der Waals surface area contributed by atoms with Gasteiger partial charge < -0.3 is 4.90 Å². The number of urea groups is 1. The van der Waals surface area contributed by atoms with Gasteiger partial charge in [-0.05, 0) is 37.1 Å². The number of nitrogens with zero attached hydrogens (tertiary/aromatic N) is 2. The molecule has 1 aromatic rings. The molecule has 0 atom stereocenters. The molecule has 1 saturated carbocycles. The predicted octanol–water partition coefficient (Wildman–Crippen LogP) is 1.43. The second-order valence-electron chi connectivity index (χ2n) is 5.05. The lowest BCUT2D eigenvalue weighted by molar-refractivity contribution is -0.125. The summed E-state index contributed by atoms with van der Waals surface area (Å²) in [6.07, 6.45) is 1.83. The maximum absolute atomic E-state index is 12.8. The number of imide groups is 1. The minimum Gasteiger partial charge on any atom is -0.312 e. The highest BCUT2D eigenvalue weighted by atomic mass is 19.1. The first-order valence-electron chi connectivity index (χ1n) is 6.46. The molecular formula is C14H13FN2O3. The van der Waals surface area contributed by atoms with Crippen molar-refractivity contribution in [2.45, 2.75) is 18.9 Å². The Kier molecular flexibility index (Phi) is 3.00. The van der Waals surface area contributed by atoms with E-state index in [2.05, 4.69) is 0 Å². The number of rotatable bonds is 4. The number of amides is 3. The van der Waals surface area contributed by atoms with Gasteiger partial charge in [0.2, 0.25) is 0 Å². The van der Waals surface area contributed by atoms with Crippen LogP contribution in [0.5, 0.6) is 0 Å². The number of halogens is 1. The Balaban J connectivity index is 1.70. The second-order valence-corrected chi connectivity index (χ2v) is 5.05. The largest absolute Gasteiger partial charge is 0.327 e. The molecule has 5 nitrogen and oxygen atoms in total. The van der Waals surface area contributed by atoms with Gasteiger partial charge in [-0.2, -0.15) is 0 Å². The van der Waals surface area contributed by atoms with E-state index >= 15 is 0 Å². The third-order valence-electron chi connectivity index (χ3n) is 3.54. The molecule has 2 aliphatic rings. The smallest absolute Gasteiger partial charge is 0.312 e. The number of hydrogen-bond acceptors (Lipinski definition) is 3. The minimum atomic E-state index is -0.435. The lowest BCUT2D eigenvalue weighted by atomic mass is 10.1. The van der Waals surface area contributed by atoms with Crippen molar-refractivity contribution in [3.8, 4) is 0 Å². The zero-order chi connectivity index (χ0) is 14.3. The fourth-order valence-electron chi connectivity index (χ4n) is 2.26. The molecule has 3 amide bonds. The van der Waals surface area contributed by atoms with Gasteiger partial charge in [-0.15, -0.1) is 0 Å². The van der Waals surface area contributed by atoms with Gasteiger partial charge in [0.15, 0.2) is 5.78 Å². The molecule has 1 aliphatic heterocycles. The summed E-state index contributed by atoms with van der Waals surface area (Å²) in [7, 11) is 0. The van der Waals surface area contributed by atoms with Crippen LogP contribution in [0.25, 0.3) is 0 Å². The fourth-order valence-corrected chi connectivity index (χ4v) is 2.26. The highest BCUT2D eigenvalue weighted by molar-refractivity contribution is 6.08. The third-order valence-corrected chi connectivity index (χ3v) is 3.54. The lowest BCUT2D eigenvalue weighted by Crippen LogP contribution is -2.37. The van der Waals surface area contributed by atoms with Crippen LogP contribution in [0.1, 0.15) is 23.2 Å². The van der Waals surface area contributed by atoms with Crippen LogP contribution in [0.3, 0.4) is 0 Å². The number of carbonyl (C=O) groups is 3. The molecule has 1 aromatic carbocycles. The van der Waals surface area contributed by atoms with E-state index in [1.807, 2.05) is 0 Å². The molecule has 0 bridgehead atoms. The Morgan fingerprint density at radius 2 is 1.85 bits per heavy atom. The molecule has 0 radical (unpaired) electrons. The van der Waals surface area contributed by atoms with Crippen LogP contribution < -0.4 is 0 Å². The molecule has 1 heterocycles. The van der Waals surface area contributed by atoms with Crippen LogP contribution >= 0.6 is 0 Å². The summed E-state index contributed by atoms with van der Waals surface area (Å²) in [5.41, 5.74) is 0.289. The van der Waals surface area contributed by atoms with Crippen LogP contribution in [0.4, 0.5) is 9.18 Å². The van der Waals surface area contributed by atoms with E-state index in [1.54, 1.807) is 0 Å². The first-order valence-corrected chi connectivity index (χ1v) is 6.46. The maximum Gasteiger partial charge on any atom is 0.327 e. The van der Waals surface area contributed by atoms with E-state index < -0.39 is 11.8 Å². The van der Waals surface area contributed by atoms with Crippen molar-refractivity contribution >= 4 is 17.7 Å². The topological polar surface area (TPSA) is 57.7 Å². The van der Waals surface area contributed by atoms with E-state index in [9.17, 15) is 18.8 Å². The normalized spacial score (nSPS) is 18.9. The van der Waals surface area contributed by atoms with E-state index in [0.717, 1.165) is 17.7 Å². The maximum atomic E-state index is 12.8. The van der Waals surface area contributed by atoms with Gasteiger partial charge in [0.1, 0.15) is 12.4 Å². The number of Topliss-reactive ketones (excluding diaryl/α,β-unsaturated/α-hetero) is 1. The lowest BCUT2D eigenvalue weighted by Gasteiger charge is -2.15. The van der Waals surface area contributed by atoms with E-state index in [4.69, 9.17) is 0 Å². The first-order chi connectivity index (χ1) is 9.56. The van der Waals surface area contributed by atoms with Crippen molar-refractivity contribution in [3.05, 3.63) is 35.6 Å². The monoisotopic (exact) mass is 276 g/mol. The molecule has 104 valence electrons. The van der Waals surface area contributed by atoms with Gasteiger partial charge in [0.05, 0.1) is 6.54 Å². The Labute approximate surface area is 115 Å². The van der Waals surface area contributed by atoms with Crippen LogP contribution in [-0.2, 0) is 4.79 Å². The molecular weight excluding hydrogens is 263 g/mol. The van der Waals surface area contributed by atoms with Gasteiger partial charge in [-0.1, -0.05) is 0 Å². The Hall–Kier alpha value is -2.24. The predicted molar refractivity (Wildman–Crippen MR) is 67.6 cm³/mol. The quantitative estimate of drug-likeness (QED) is 0.617. The van der Waals surface area contributed by atoms with E-state index in [-0.39, 0.29) is 36.4 Å². The average Bonchev–Trinajstić information content (AvgIpc) is 3.22. The fraction of sp³-hybridized carbons (Fsp3) is 0.357. The van der Waals surface area contributed by atoms with Crippen molar-refractivity contribution in [1.29, 1.82) is 0 Å². The van der Waals surface area contributed by atoms with Crippen molar-refractivity contribution < 1.29 is 18.8 Å².